The van der Waals surface area contributed by atoms with Gasteiger partial charge < -0.3 is 0 Å². The van der Waals surface area contributed by atoms with Gasteiger partial charge in [0, 0.05) is 25.9 Å². The molecule has 0 saturated heterocycles. The average Bonchev–Trinajstić information content (AvgIpc) is 3.11. The zero-order valence-corrected chi connectivity index (χ0v) is 14.0. The molecule has 7 heteroatoms. The van der Waals surface area contributed by atoms with Crippen LogP contribution in [0.5, 0.6) is 0 Å². The summed E-state index contributed by atoms with van der Waals surface area (Å²) in [6.45, 7) is 2.18. The van der Waals surface area contributed by atoms with Crippen molar-refractivity contribution in [3.8, 4) is 17.2 Å². The van der Waals surface area contributed by atoms with Crippen LogP contribution >= 0.6 is 11.6 Å². The van der Waals surface area contributed by atoms with Crippen LogP contribution in [0.1, 0.15) is 32.0 Å². The van der Waals surface area contributed by atoms with Crippen molar-refractivity contribution in [2.75, 3.05) is 0 Å². The van der Waals surface area contributed by atoms with E-state index >= 15 is 0 Å². The molecule has 3 rings (SSSR count). The van der Waals surface area contributed by atoms with Crippen molar-refractivity contribution in [2.24, 2.45) is 7.05 Å². The Bertz CT molecular complexity index is 777. The first kappa shape index (κ1) is 15.7. The molecule has 0 fully saturated rings. The van der Waals surface area contributed by atoms with Gasteiger partial charge in [0.1, 0.15) is 5.69 Å². The van der Waals surface area contributed by atoms with Gasteiger partial charge in [-0.05, 0) is 18.6 Å². The highest BCUT2D eigenvalue weighted by molar-refractivity contribution is 6.32. The maximum atomic E-state index is 6.30. The molecule has 0 aromatic carbocycles. The molecule has 0 radical (unpaired) electrons. The number of halogens is 1. The molecule has 0 aliphatic rings. The fourth-order valence-electron chi connectivity index (χ4n) is 2.42. The third-order valence-electron chi connectivity index (χ3n) is 3.54. The minimum Gasteiger partial charge on any atom is -0.274 e. The summed E-state index contributed by atoms with van der Waals surface area (Å²) < 4.78 is 3.44. The van der Waals surface area contributed by atoms with E-state index in [2.05, 4.69) is 27.1 Å². The maximum absolute atomic E-state index is 6.30. The van der Waals surface area contributed by atoms with Gasteiger partial charge in [-0.2, -0.15) is 10.2 Å². The number of unbranched alkanes of at least 4 members (excludes halogenated alkanes) is 2. The first-order chi connectivity index (χ1) is 11.2. The fraction of sp³-hybridized carbons (Fsp3) is 0.375. The Morgan fingerprint density at radius 3 is 2.74 bits per heavy atom. The van der Waals surface area contributed by atoms with Crippen LogP contribution in [0.2, 0.25) is 5.02 Å². The second-order valence-corrected chi connectivity index (χ2v) is 5.84. The quantitative estimate of drug-likeness (QED) is 0.649. The van der Waals surface area contributed by atoms with Crippen molar-refractivity contribution >= 4 is 11.6 Å². The summed E-state index contributed by atoms with van der Waals surface area (Å²) in [6, 6.07) is 3.81. The Hall–Kier alpha value is -2.21. The predicted octanol–water partition coefficient (Wildman–Crippen LogP) is 3.45. The van der Waals surface area contributed by atoms with Crippen molar-refractivity contribution in [3.05, 3.63) is 41.6 Å². The first-order valence-electron chi connectivity index (χ1n) is 7.75. The lowest BCUT2D eigenvalue weighted by Gasteiger charge is -2.03. The largest absolute Gasteiger partial charge is 0.274 e. The van der Waals surface area contributed by atoms with Crippen molar-refractivity contribution in [1.82, 2.24) is 29.5 Å². The summed E-state index contributed by atoms with van der Waals surface area (Å²) in [4.78, 5) is 8.83. The lowest BCUT2D eigenvalue weighted by Crippen LogP contribution is -2.01. The highest BCUT2D eigenvalue weighted by Gasteiger charge is 2.19. The van der Waals surface area contributed by atoms with E-state index in [1.165, 1.54) is 12.8 Å². The first-order valence-corrected chi connectivity index (χ1v) is 8.12. The van der Waals surface area contributed by atoms with E-state index in [1.54, 1.807) is 28.0 Å². The van der Waals surface area contributed by atoms with Crippen LogP contribution in [0, 0.1) is 0 Å². The van der Waals surface area contributed by atoms with Gasteiger partial charge in [-0.25, -0.2) is 9.67 Å². The predicted molar refractivity (Wildman–Crippen MR) is 89.6 cm³/mol. The van der Waals surface area contributed by atoms with Crippen LogP contribution in [-0.4, -0.2) is 29.5 Å². The molecule has 120 valence electrons. The average molecular weight is 331 g/mol. The van der Waals surface area contributed by atoms with Crippen molar-refractivity contribution in [2.45, 2.75) is 32.6 Å². The van der Waals surface area contributed by atoms with Gasteiger partial charge in [0.2, 0.25) is 0 Å². The molecule has 3 heterocycles. The zero-order valence-electron chi connectivity index (χ0n) is 13.3. The number of nitrogens with zero attached hydrogens (tertiary/aromatic N) is 6. The topological polar surface area (TPSA) is 61.4 Å². The molecule has 0 aliphatic heterocycles. The molecule has 3 aromatic rings. The second kappa shape index (κ2) is 6.91. The summed E-state index contributed by atoms with van der Waals surface area (Å²) in [7, 11) is 1.84. The Morgan fingerprint density at radius 1 is 1.22 bits per heavy atom. The summed E-state index contributed by atoms with van der Waals surface area (Å²) >= 11 is 6.30. The molecule has 0 atom stereocenters. The third-order valence-corrected chi connectivity index (χ3v) is 3.82. The summed E-state index contributed by atoms with van der Waals surface area (Å²) in [5, 5.41) is 9.61. The van der Waals surface area contributed by atoms with E-state index in [9.17, 15) is 0 Å². The normalized spacial score (nSPS) is 11.1. The number of pyridine rings is 1. The van der Waals surface area contributed by atoms with Crippen LogP contribution in [0.15, 0.2) is 30.7 Å². The zero-order chi connectivity index (χ0) is 16.2. The number of aromatic nitrogens is 6. The van der Waals surface area contributed by atoms with Gasteiger partial charge in [0.15, 0.2) is 11.6 Å². The van der Waals surface area contributed by atoms with Crippen molar-refractivity contribution in [1.29, 1.82) is 0 Å². The van der Waals surface area contributed by atoms with E-state index in [0.717, 1.165) is 24.4 Å². The van der Waals surface area contributed by atoms with Crippen LogP contribution in [-0.2, 0) is 13.5 Å². The maximum Gasteiger partial charge on any atom is 0.185 e. The SMILES string of the molecule is CCCCCc1nc(-c2nn(C)cc2Cl)n(-c2cccnc2)n1. The highest BCUT2D eigenvalue weighted by Crippen LogP contribution is 2.26. The molecule has 0 spiro atoms. The Kier molecular flexibility index (Phi) is 4.71. The standard InChI is InChI=1S/C16H19ClN6/c1-3-4-5-8-14-19-16(15-13(17)11-22(2)21-15)23(20-14)12-7-6-9-18-10-12/h6-7,9-11H,3-5,8H2,1-2H3. The van der Waals surface area contributed by atoms with Crippen LogP contribution in [0.4, 0.5) is 0 Å². The van der Waals surface area contributed by atoms with Crippen LogP contribution in [0.25, 0.3) is 17.2 Å². The van der Waals surface area contributed by atoms with E-state index in [-0.39, 0.29) is 0 Å². The molecule has 0 saturated carbocycles. The minimum absolute atomic E-state index is 0.560. The smallest absolute Gasteiger partial charge is 0.185 e. The molecule has 0 unspecified atom stereocenters. The molecular weight excluding hydrogens is 312 g/mol. The number of hydrogen-bond donors (Lipinski definition) is 0. The highest BCUT2D eigenvalue weighted by atomic mass is 35.5. The van der Waals surface area contributed by atoms with E-state index < -0.39 is 0 Å². The molecule has 0 aliphatic carbocycles. The summed E-state index contributed by atoms with van der Waals surface area (Å²) in [6.07, 6.45) is 9.50. The van der Waals surface area contributed by atoms with Crippen molar-refractivity contribution in [3.63, 3.8) is 0 Å². The Balaban J connectivity index is 2.03. The fourth-order valence-corrected chi connectivity index (χ4v) is 2.68. The second-order valence-electron chi connectivity index (χ2n) is 5.43. The number of rotatable bonds is 6. The van der Waals surface area contributed by atoms with E-state index in [4.69, 9.17) is 11.6 Å². The van der Waals surface area contributed by atoms with Crippen LogP contribution in [0.3, 0.4) is 0 Å². The number of hydrogen-bond acceptors (Lipinski definition) is 4. The lowest BCUT2D eigenvalue weighted by atomic mass is 10.2. The third kappa shape index (κ3) is 3.42. The molecule has 0 N–H and O–H groups in total. The molecule has 6 nitrogen and oxygen atoms in total. The van der Waals surface area contributed by atoms with Gasteiger partial charge in [-0.1, -0.05) is 31.4 Å². The van der Waals surface area contributed by atoms with Gasteiger partial charge in [-0.3, -0.25) is 9.67 Å². The lowest BCUT2D eigenvalue weighted by molar-refractivity contribution is 0.689. The van der Waals surface area contributed by atoms with Gasteiger partial charge in [-0.15, -0.1) is 0 Å². The minimum atomic E-state index is 0.560. The van der Waals surface area contributed by atoms with E-state index in [1.807, 2.05) is 19.2 Å². The molecule has 3 aromatic heterocycles. The molecule has 0 bridgehead atoms. The molecule has 0 amide bonds. The van der Waals surface area contributed by atoms with Crippen molar-refractivity contribution < 1.29 is 0 Å². The number of aryl methyl sites for hydroxylation is 2. The Morgan fingerprint density at radius 2 is 2.09 bits per heavy atom. The van der Waals surface area contributed by atoms with Gasteiger partial charge in [0.25, 0.3) is 0 Å². The van der Waals surface area contributed by atoms with Gasteiger partial charge in [0.05, 0.1) is 16.9 Å². The monoisotopic (exact) mass is 330 g/mol. The summed E-state index contributed by atoms with van der Waals surface area (Å²) in [5.41, 5.74) is 1.48. The molecular formula is C16H19ClN6. The molecule has 23 heavy (non-hydrogen) atoms. The van der Waals surface area contributed by atoms with E-state index in [0.29, 0.717) is 16.5 Å². The van der Waals surface area contributed by atoms with Crippen LogP contribution < -0.4 is 0 Å². The summed E-state index contributed by atoms with van der Waals surface area (Å²) in [5.74, 6) is 1.45. The van der Waals surface area contributed by atoms with Gasteiger partial charge >= 0.3 is 0 Å². The Labute approximate surface area is 140 Å².